The number of benzene rings is 1. The molecule has 134 valence electrons. The number of hydrogen-bond donors (Lipinski definition) is 0. The van der Waals surface area contributed by atoms with E-state index in [1.165, 1.54) is 0 Å². The molecule has 2 aromatic rings. The van der Waals surface area contributed by atoms with Crippen molar-refractivity contribution in [2.45, 2.75) is 29.5 Å². The van der Waals surface area contributed by atoms with Crippen molar-refractivity contribution in [1.82, 2.24) is 9.88 Å². The highest BCUT2D eigenvalue weighted by atomic mass is 32.2. The van der Waals surface area contributed by atoms with Crippen LogP contribution in [0.1, 0.15) is 28.0 Å². The fourth-order valence-electron chi connectivity index (χ4n) is 2.83. The van der Waals surface area contributed by atoms with Gasteiger partial charge in [0.2, 0.25) is 0 Å². The van der Waals surface area contributed by atoms with Crippen LogP contribution in [-0.4, -0.2) is 48.8 Å². The number of hydrogen-bond acceptors (Lipinski definition) is 6. The molecule has 0 N–H and O–H groups in total. The average Bonchev–Trinajstić information content (AvgIpc) is 3.17. The Morgan fingerprint density at radius 3 is 2.80 bits per heavy atom. The van der Waals surface area contributed by atoms with Crippen LogP contribution in [0.25, 0.3) is 0 Å². The Hall–Kier alpha value is -1.38. The number of thiazole rings is 1. The average molecular weight is 397 g/mol. The number of amides is 1. The minimum atomic E-state index is -3.02. The van der Waals surface area contributed by atoms with Crippen LogP contribution in [0.15, 0.2) is 34.0 Å². The Balaban J connectivity index is 1.74. The molecule has 1 aliphatic rings. The molecule has 1 aliphatic heterocycles. The molecule has 0 spiro atoms. The highest BCUT2D eigenvalue weighted by molar-refractivity contribution is 8.00. The first-order chi connectivity index (χ1) is 11.9. The standard InChI is InChI=1S/C17H20N2O3S3/c1-12-9-23-17(18-12)24-10-13-5-3-4-6-15(13)16(20)19(2)14-7-8-25(21,22)11-14/h3-6,9,14H,7-8,10-11H2,1-2H3. The number of nitrogens with zero attached hydrogens (tertiary/aromatic N) is 2. The zero-order valence-corrected chi connectivity index (χ0v) is 16.6. The second kappa shape index (κ2) is 7.47. The van der Waals surface area contributed by atoms with E-state index in [0.717, 1.165) is 15.6 Å². The summed E-state index contributed by atoms with van der Waals surface area (Å²) in [6.45, 7) is 1.96. The molecule has 0 aliphatic carbocycles. The Bertz CT molecular complexity index is 877. The molecule has 1 aromatic heterocycles. The number of rotatable bonds is 5. The predicted molar refractivity (Wildman–Crippen MR) is 102 cm³/mol. The van der Waals surface area contributed by atoms with E-state index in [2.05, 4.69) is 4.98 Å². The Morgan fingerprint density at radius 2 is 2.16 bits per heavy atom. The summed E-state index contributed by atoms with van der Waals surface area (Å²) < 4.78 is 24.4. The van der Waals surface area contributed by atoms with Gasteiger partial charge >= 0.3 is 0 Å². The minimum Gasteiger partial charge on any atom is -0.338 e. The lowest BCUT2D eigenvalue weighted by molar-refractivity contribution is 0.0747. The number of carbonyl (C=O) groups is 1. The van der Waals surface area contributed by atoms with Crippen LogP contribution in [0, 0.1) is 6.92 Å². The number of thioether (sulfide) groups is 1. The van der Waals surface area contributed by atoms with E-state index in [1.807, 2.05) is 36.6 Å². The fraction of sp³-hybridized carbons (Fsp3) is 0.412. The molecular formula is C17H20N2O3S3. The van der Waals surface area contributed by atoms with Gasteiger partial charge in [-0.1, -0.05) is 30.0 Å². The molecule has 25 heavy (non-hydrogen) atoms. The second-order valence-corrected chi connectivity index (χ2v) is 10.5. The predicted octanol–water partition coefficient (Wildman–Crippen LogP) is 3.00. The van der Waals surface area contributed by atoms with Gasteiger partial charge in [0.15, 0.2) is 9.84 Å². The lowest BCUT2D eigenvalue weighted by Crippen LogP contribution is -2.38. The van der Waals surface area contributed by atoms with E-state index in [4.69, 9.17) is 0 Å². The molecule has 8 heteroatoms. The molecule has 1 unspecified atom stereocenters. The maximum absolute atomic E-state index is 12.9. The molecule has 1 atom stereocenters. The van der Waals surface area contributed by atoms with Crippen molar-refractivity contribution >= 4 is 38.8 Å². The summed E-state index contributed by atoms with van der Waals surface area (Å²) in [4.78, 5) is 18.9. The van der Waals surface area contributed by atoms with E-state index in [1.54, 1.807) is 35.0 Å². The first kappa shape index (κ1) is 18.4. The number of sulfone groups is 1. The van der Waals surface area contributed by atoms with E-state index in [-0.39, 0.29) is 23.5 Å². The molecule has 1 fully saturated rings. The van der Waals surface area contributed by atoms with Crippen molar-refractivity contribution in [3.63, 3.8) is 0 Å². The van der Waals surface area contributed by atoms with Gasteiger partial charge in [0.25, 0.3) is 5.91 Å². The van der Waals surface area contributed by atoms with Gasteiger partial charge in [0, 0.05) is 35.5 Å². The van der Waals surface area contributed by atoms with E-state index >= 15 is 0 Å². The van der Waals surface area contributed by atoms with Gasteiger partial charge in [-0.15, -0.1) is 11.3 Å². The van der Waals surface area contributed by atoms with Gasteiger partial charge in [-0.25, -0.2) is 13.4 Å². The molecule has 1 amide bonds. The number of aryl methyl sites for hydroxylation is 1. The summed E-state index contributed by atoms with van der Waals surface area (Å²) in [5, 5.41) is 2.01. The molecule has 1 aromatic carbocycles. The number of aromatic nitrogens is 1. The van der Waals surface area contributed by atoms with Crippen LogP contribution in [0.4, 0.5) is 0 Å². The van der Waals surface area contributed by atoms with Gasteiger partial charge in [0.1, 0.15) is 4.34 Å². The van der Waals surface area contributed by atoms with Crippen molar-refractivity contribution in [2.75, 3.05) is 18.6 Å². The van der Waals surface area contributed by atoms with E-state index in [9.17, 15) is 13.2 Å². The van der Waals surface area contributed by atoms with Crippen molar-refractivity contribution in [3.05, 3.63) is 46.5 Å². The zero-order valence-electron chi connectivity index (χ0n) is 14.1. The zero-order chi connectivity index (χ0) is 18.0. The SMILES string of the molecule is Cc1csc(SCc2ccccc2C(=O)N(C)C2CCS(=O)(=O)C2)n1. The Kier molecular flexibility index (Phi) is 5.50. The summed E-state index contributed by atoms with van der Waals surface area (Å²) in [5.74, 6) is 0.764. The summed E-state index contributed by atoms with van der Waals surface area (Å²) >= 11 is 3.21. The minimum absolute atomic E-state index is 0.0601. The lowest BCUT2D eigenvalue weighted by atomic mass is 10.1. The second-order valence-electron chi connectivity index (χ2n) is 6.17. The normalized spacial score (nSPS) is 19.0. The summed E-state index contributed by atoms with van der Waals surface area (Å²) in [5.41, 5.74) is 2.58. The van der Waals surface area contributed by atoms with Gasteiger partial charge < -0.3 is 4.90 Å². The van der Waals surface area contributed by atoms with Gasteiger partial charge in [-0.05, 0) is 25.0 Å². The first-order valence-corrected chi connectivity index (χ1v) is 11.6. The smallest absolute Gasteiger partial charge is 0.254 e. The highest BCUT2D eigenvalue weighted by Gasteiger charge is 2.33. The summed E-state index contributed by atoms with van der Waals surface area (Å²) in [6.07, 6.45) is 0.514. The molecule has 0 saturated carbocycles. The summed E-state index contributed by atoms with van der Waals surface area (Å²) in [6, 6.07) is 7.28. The van der Waals surface area contributed by atoms with Crippen molar-refractivity contribution in [1.29, 1.82) is 0 Å². The maximum atomic E-state index is 12.9. The van der Waals surface area contributed by atoms with Crippen LogP contribution in [0.2, 0.25) is 0 Å². The van der Waals surface area contributed by atoms with E-state index < -0.39 is 9.84 Å². The summed E-state index contributed by atoms with van der Waals surface area (Å²) in [7, 11) is -1.32. The van der Waals surface area contributed by atoms with Crippen LogP contribution < -0.4 is 0 Å². The quantitative estimate of drug-likeness (QED) is 0.727. The topological polar surface area (TPSA) is 67.3 Å². The third-order valence-electron chi connectivity index (χ3n) is 4.27. The van der Waals surface area contributed by atoms with Crippen molar-refractivity contribution in [3.8, 4) is 0 Å². The first-order valence-electron chi connectivity index (χ1n) is 7.96. The van der Waals surface area contributed by atoms with Crippen molar-refractivity contribution in [2.24, 2.45) is 0 Å². The molecule has 0 radical (unpaired) electrons. The van der Waals surface area contributed by atoms with Gasteiger partial charge in [-0.3, -0.25) is 4.79 Å². The Labute approximate surface area is 156 Å². The third-order valence-corrected chi connectivity index (χ3v) is 8.21. The lowest BCUT2D eigenvalue weighted by Gasteiger charge is -2.24. The highest BCUT2D eigenvalue weighted by Crippen LogP contribution is 2.28. The van der Waals surface area contributed by atoms with Crippen LogP contribution in [0.3, 0.4) is 0 Å². The van der Waals surface area contributed by atoms with Crippen LogP contribution in [-0.2, 0) is 15.6 Å². The monoisotopic (exact) mass is 396 g/mol. The molecule has 0 bridgehead atoms. The molecule has 3 rings (SSSR count). The molecule has 1 saturated heterocycles. The molecular weight excluding hydrogens is 376 g/mol. The Morgan fingerprint density at radius 1 is 1.40 bits per heavy atom. The maximum Gasteiger partial charge on any atom is 0.254 e. The van der Waals surface area contributed by atoms with E-state index in [0.29, 0.717) is 17.7 Å². The van der Waals surface area contributed by atoms with Crippen molar-refractivity contribution < 1.29 is 13.2 Å². The van der Waals surface area contributed by atoms with Gasteiger partial charge in [0.05, 0.1) is 11.5 Å². The number of carbonyl (C=O) groups excluding carboxylic acids is 1. The fourth-order valence-corrected chi connectivity index (χ4v) is 6.46. The third kappa shape index (κ3) is 4.43. The van der Waals surface area contributed by atoms with Crippen LogP contribution in [0.5, 0.6) is 0 Å². The largest absolute Gasteiger partial charge is 0.338 e. The van der Waals surface area contributed by atoms with Gasteiger partial charge in [-0.2, -0.15) is 0 Å². The molecule has 2 heterocycles. The van der Waals surface area contributed by atoms with Crippen LogP contribution >= 0.6 is 23.1 Å². The molecule has 5 nitrogen and oxygen atoms in total.